The summed E-state index contributed by atoms with van der Waals surface area (Å²) >= 11 is 0. The number of aryl methyl sites for hydroxylation is 1. The predicted molar refractivity (Wildman–Crippen MR) is 110 cm³/mol. The largest absolute Gasteiger partial charge is 1.00 e. The highest BCUT2D eigenvalue weighted by atomic mass is 79.9. The first-order valence-corrected chi connectivity index (χ1v) is 9.19. The van der Waals surface area contributed by atoms with Crippen LogP contribution in [-0.4, -0.2) is 9.97 Å². The van der Waals surface area contributed by atoms with E-state index in [2.05, 4.69) is 88.3 Å². The second-order valence-corrected chi connectivity index (χ2v) is 6.95. The smallest absolute Gasteiger partial charge is 0.255 e. The predicted octanol–water partition coefficient (Wildman–Crippen LogP) is 2.03. The van der Waals surface area contributed by atoms with E-state index < -0.39 is 0 Å². The topological polar surface area (TPSA) is 32.6 Å². The third-order valence-corrected chi connectivity index (χ3v) is 5.07. The van der Waals surface area contributed by atoms with Crippen LogP contribution in [0.1, 0.15) is 11.1 Å². The summed E-state index contributed by atoms with van der Waals surface area (Å²) in [7, 11) is 0. The van der Waals surface area contributed by atoms with Crippen LogP contribution in [0.3, 0.4) is 0 Å². The molecule has 3 heterocycles. The zero-order valence-electron chi connectivity index (χ0n) is 15.6. The number of aromatic nitrogens is 3. The number of H-pyrrole nitrogens is 1. The molecule has 1 N–H and O–H groups in total. The number of nitrogens with one attached hydrogen (secondary N) is 1. The summed E-state index contributed by atoms with van der Waals surface area (Å²) in [5.74, 6) is 0. The van der Waals surface area contributed by atoms with Gasteiger partial charge in [0.15, 0.2) is 12.7 Å². The van der Waals surface area contributed by atoms with Gasteiger partial charge in [0.1, 0.15) is 11.2 Å². The fourth-order valence-corrected chi connectivity index (χ4v) is 3.71. The van der Waals surface area contributed by atoms with Gasteiger partial charge < -0.3 is 22.0 Å². The zero-order valence-corrected chi connectivity index (χ0v) is 17.1. The number of hydrogen-bond acceptors (Lipinski definition) is 1. The number of pyridine rings is 2. The summed E-state index contributed by atoms with van der Waals surface area (Å²) in [6, 6.07) is 25.4. The molecule has 3 aromatic heterocycles. The molecule has 138 valence electrons. The van der Waals surface area contributed by atoms with Crippen molar-refractivity contribution in [2.45, 2.75) is 13.5 Å². The molecule has 2 aromatic carbocycles. The highest BCUT2D eigenvalue weighted by molar-refractivity contribution is 6.10. The maximum atomic E-state index is 4.64. The number of aromatic amines is 1. The molecule has 0 aliphatic rings. The lowest BCUT2D eigenvalue weighted by atomic mass is 10.1. The Balaban J connectivity index is 0.00000192. The van der Waals surface area contributed by atoms with Gasteiger partial charge in [0, 0.05) is 34.1 Å². The minimum atomic E-state index is 0. The lowest BCUT2D eigenvalue weighted by Gasteiger charge is -2.06. The van der Waals surface area contributed by atoms with Crippen LogP contribution >= 0.6 is 0 Å². The van der Waals surface area contributed by atoms with Gasteiger partial charge in [-0.15, -0.1) is 0 Å². The molecule has 0 spiro atoms. The van der Waals surface area contributed by atoms with E-state index in [4.69, 9.17) is 0 Å². The number of para-hydroxylation sites is 1. The van der Waals surface area contributed by atoms with E-state index in [0.717, 1.165) is 29.0 Å². The average Bonchev–Trinajstić information content (AvgIpc) is 3.09. The first-order valence-electron chi connectivity index (χ1n) is 9.19. The minimum absolute atomic E-state index is 0. The molecule has 0 aliphatic carbocycles. The summed E-state index contributed by atoms with van der Waals surface area (Å²) in [5, 5.41) is 2.47. The molecule has 0 bridgehead atoms. The van der Waals surface area contributed by atoms with Crippen LogP contribution in [0.15, 0.2) is 85.2 Å². The summed E-state index contributed by atoms with van der Waals surface area (Å²) in [6.07, 6.45) is 4.03. The summed E-state index contributed by atoms with van der Waals surface area (Å²) in [4.78, 5) is 8.26. The highest BCUT2D eigenvalue weighted by Gasteiger charge is 2.21. The SMILES string of the molecule is Cc1ccc(C[n+]2ccc3c([nH]c4ccccc43)c2-c2ccccn2)cc1.[Br-]. The van der Waals surface area contributed by atoms with E-state index in [9.17, 15) is 0 Å². The number of benzene rings is 2. The van der Waals surface area contributed by atoms with Gasteiger partial charge in [-0.25, -0.2) is 4.98 Å². The molecule has 0 radical (unpaired) electrons. The number of hydrogen-bond donors (Lipinski definition) is 1. The number of halogens is 1. The van der Waals surface area contributed by atoms with Crippen LogP contribution in [0.4, 0.5) is 0 Å². The first kappa shape index (κ1) is 18.4. The monoisotopic (exact) mass is 429 g/mol. The van der Waals surface area contributed by atoms with Gasteiger partial charge >= 0.3 is 0 Å². The Labute approximate surface area is 174 Å². The summed E-state index contributed by atoms with van der Waals surface area (Å²) in [5.41, 5.74) is 6.92. The van der Waals surface area contributed by atoms with Crippen molar-refractivity contribution < 1.29 is 21.5 Å². The molecule has 0 fully saturated rings. The third kappa shape index (κ3) is 3.20. The van der Waals surface area contributed by atoms with Crippen molar-refractivity contribution in [3.05, 3.63) is 96.3 Å². The molecule has 0 saturated heterocycles. The van der Waals surface area contributed by atoms with Crippen molar-refractivity contribution in [3.63, 3.8) is 0 Å². The quantitative estimate of drug-likeness (QED) is 0.437. The fourth-order valence-electron chi connectivity index (χ4n) is 3.71. The van der Waals surface area contributed by atoms with E-state index in [0.29, 0.717) is 0 Å². The Morgan fingerprint density at radius 3 is 2.43 bits per heavy atom. The van der Waals surface area contributed by atoms with Gasteiger partial charge in [-0.05, 0) is 25.1 Å². The number of rotatable bonds is 3. The molecule has 0 saturated carbocycles. The van der Waals surface area contributed by atoms with Gasteiger partial charge in [0.2, 0.25) is 0 Å². The molecule has 4 heteroatoms. The van der Waals surface area contributed by atoms with E-state index >= 15 is 0 Å². The Hall–Kier alpha value is -2.98. The van der Waals surface area contributed by atoms with Gasteiger partial charge in [-0.1, -0.05) is 54.1 Å². The van der Waals surface area contributed by atoms with Gasteiger partial charge in [0.05, 0.1) is 0 Å². The highest BCUT2D eigenvalue weighted by Crippen LogP contribution is 2.30. The first-order chi connectivity index (χ1) is 13.3. The third-order valence-electron chi connectivity index (χ3n) is 5.07. The molecular weight excluding hydrogens is 410 g/mol. The number of nitrogens with zero attached hydrogens (tertiary/aromatic N) is 2. The Morgan fingerprint density at radius 2 is 1.64 bits per heavy atom. The lowest BCUT2D eigenvalue weighted by molar-refractivity contribution is -0.676. The Morgan fingerprint density at radius 1 is 0.857 bits per heavy atom. The number of fused-ring (bicyclic) bond motifs is 3. The van der Waals surface area contributed by atoms with Crippen molar-refractivity contribution in [2.24, 2.45) is 0 Å². The van der Waals surface area contributed by atoms with Crippen LogP contribution in [0.25, 0.3) is 33.2 Å². The van der Waals surface area contributed by atoms with Crippen LogP contribution in [0.5, 0.6) is 0 Å². The normalized spacial score (nSPS) is 10.9. The van der Waals surface area contributed by atoms with E-state index in [1.807, 2.05) is 18.3 Å². The molecular formula is C24H20BrN3. The maximum Gasteiger partial charge on any atom is 0.255 e. The summed E-state index contributed by atoms with van der Waals surface area (Å²) in [6.45, 7) is 2.92. The Bertz CT molecular complexity index is 1240. The fraction of sp³-hybridized carbons (Fsp3) is 0.0833. The van der Waals surface area contributed by atoms with Crippen molar-refractivity contribution in [1.29, 1.82) is 0 Å². The molecule has 0 atom stereocenters. The zero-order chi connectivity index (χ0) is 18.2. The molecule has 0 amide bonds. The van der Waals surface area contributed by atoms with Gasteiger partial charge in [-0.2, -0.15) is 4.57 Å². The van der Waals surface area contributed by atoms with Gasteiger partial charge in [-0.3, -0.25) is 0 Å². The second-order valence-electron chi connectivity index (χ2n) is 6.95. The minimum Gasteiger partial charge on any atom is -1.00 e. The van der Waals surface area contributed by atoms with Gasteiger partial charge in [0.25, 0.3) is 5.69 Å². The van der Waals surface area contributed by atoms with Crippen LogP contribution < -0.4 is 21.5 Å². The lowest BCUT2D eigenvalue weighted by Crippen LogP contribution is -3.00. The van der Waals surface area contributed by atoms with Crippen LogP contribution in [0.2, 0.25) is 0 Å². The Kier molecular flexibility index (Phi) is 4.97. The van der Waals surface area contributed by atoms with E-state index in [-0.39, 0.29) is 17.0 Å². The van der Waals surface area contributed by atoms with Crippen LogP contribution in [0, 0.1) is 6.92 Å². The van der Waals surface area contributed by atoms with Crippen LogP contribution in [-0.2, 0) is 6.54 Å². The second kappa shape index (κ2) is 7.56. The van der Waals surface area contributed by atoms with Crippen molar-refractivity contribution in [2.75, 3.05) is 0 Å². The standard InChI is InChI=1S/C24H19N3.BrH/c1-17-9-11-18(12-10-17)16-27-15-13-20-19-6-2-3-7-21(19)26-23(20)24(27)22-8-4-5-14-25-22;/h2-15H,16H2,1H3;1H. The molecule has 5 aromatic rings. The molecule has 0 aliphatic heterocycles. The summed E-state index contributed by atoms with van der Waals surface area (Å²) < 4.78 is 2.28. The molecule has 3 nitrogen and oxygen atoms in total. The maximum absolute atomic E-state index is 4.64. The van der Waals surface area contributed by atoms with E-state index in [1.54, 1.807) is 0 Å². The molecule has 5 rings (SSSR count). The molecule has 28 heavy (non-hydrogen) atoms. The molecule has 0 unspecified atom stereocenters. The van der Waals surface area contributed by atoms with Crippen molar-refractivity contribution in [1.82, 2.24) is 9.97 Å². The van der Waals surface area contributed by atoms with E-state index in [1.165, 1.54) is 21.9 Å². The average molecular weight is 430 g/mol. The van der Waals surface area contributed by atoms with Crippen molar-refractivity contribution >= 4 is 21.8 Å². The van der Waals surface area contributed by atoms with Crippen molar-refractivity contribution in [3.8, 4) is 11.4 Å².